The number of hydrogen-bond acceptors (Lipinski definition) is 4. The first-order valence-corrected chi connectivity index (χ1v) is 8.00. The lowest BCUT2D eigenvalue weighted by Crippen LogP contribution is -2.52. The number of benzene rings is 1. The number of nitrogens with one attached hydrogen (secondary N) is 1. The van der Waals surface area contributed by atoms with Crippen LogP contribution < -0.4 is 10.1 Å². The summed E-state index contributed by atoms with van der Waals surface area (Å²) in [6, 6.07) is 9.88. The highest BCUT2D eigenvalue weighted by molar-refractivity contribution is 5.95. The Kier molecular flexibility index (Phi) is 4.62. The van der Waals surface area contributed by atoms with Gasteiger partial charge in [0, 0.05) is 25.7 Å². The number of ether oxygens (including phenoxy) is 1. The molecule has 1 unspecified atom stereocenters. The molecule has 0 spiro atoms. The molecule has 23 heavy (non-hydrogen) atoms. The smallest absolute Gasteiger partial charge is 0.278 e. The summed E-state index contributed by atoms with van der Waals surface area (Å²) in [7, 11) is 0. The topological polar surface area (TPSA) is 59.4 Å². The van der Waals surface area contributed by atoms with Gasteiger partial charge in [0.2, 0.25) is 0 Å². The first kappa shape index (κ1) is 15.6. The summed E-state index contributed by atoms with van der Waals surface area (Å²) in [4.78, 5) is 14.8. The predicted molar refractivity (Wildman–Crippen MR) is 88.1 cm³/mol. The van der Waals surface area contributed by atoms with Crippen LogP contribution in [0.15, 0.2) is 36.5 Å². The van der Waals surface area contributed by atoms with Crippen molar-refractivity contribution >= 4 is 5.91 Å². The molecule has 1 aliphatic heterocycles. The molecule has 0 saturated carbocycles. The number of amides is 1. The van der Waals surface area contributed by atoms with Crippen LogP contribution >= 0.6 is 0 Å². The van der Waals surface area contributed by atoms with Crippen molar-refractivity contribution < 1.29 is 9.53 Å². The highest BCUT2D eigenvalue weighted by Crippen LogP contribution is 2.22. The quantitative estimate of drug-likeness (QED) is 0.933. The molecule has 6 heteroatoms. The lowest BCUT2D eigenvalue weighted by atomic mass is 10.2. The molecule has 1 aliphatic rings. The highest BCUT2D eigenvalue weighted by atomic mass is 16.5. The van der Waals surface area contributed by atoms with E-state index in [-0.39, 0.29) is 11.9 Å². The van der Waals surface area contributed by atoms with Gasteiger partial charge in [0.15, 0.2) is 11.4 Å². The van der Waals surface area contributed by atoms with Crippen molar-refractivity contribution in [2.45, 2.75) is 19.9 Å². The molecule has 3 rings (SSSR count). The van der Waals surface area contributed by atoms with E-state index in [4.69, 9.17) is 4.74 Å². The molecule has 1 saturated heterocycles. The molecule has 122 valence electrons. The minimum absolute atomic E-state index is 0.0721. The molecule has 1 fully saturated rings. The van der Waals surface area contributed by atoms with Gasteiger partial charge < -0.3 is 15.0 Å². The van der Waals surface area contributed by atoms with Crippen LogP contribution in [0.2, 0.25) is 0 Å². The van der Waals surface area contributed by atoms with E-state index in [1.54, 1.807) is 10.9 Å². The summed E-state index contributed by atoms with van der Waals surface area (Å²) < 4.78 is 7.34. The molecular formula is C17H22N4O2. The summed E-state index contributed by atoms with van der Waals surface area (Å²) in [5.41, 5.74) is 1.28. The number of rotatable bonds is 4. The number of para-hydroxylation sites is 1. The minimum atomic E-state index is -0.0721. The number of hydrogen-bond donors (Lipinski definition) is 1. The van der Waals surface area contributed by atoms with Crippen LogP contribution in [0, 0.1) is 0 Å². The molecule has 0 aliphatic carbocycles. The molecule has 1 N–H and O–H groups in total. The van der Waals surface area contributed by atoms with Gasteiger partial charge in [0.25, 0.3) is 5.91 Å². The van der Waals surface area contributed by atoms with E-state index in [0.717, 1.165) is 18.8 Å². The van der Waals surface area contributed by atoms with Crippen molar-refractivity contribution in [1.29, 1.82) is 0 Å². The molecule has 0 radical (unpaired) electrons. The third-order valence-corrected chi connectivity index (χ3v) is 3.97. The van der Waals surface area contributed by atoms with E-state index in [0.29, 0.717) is 24.6 Å². The van der Waals surface area contributed by atoms with E-state index in [2.05, 4.69) is 10.4 Å². The van der Waals surface area contributed by atoms with Gasteiger partial charge in [-0.3, -0.25) is 4.79 Å². The molecule has 2 aromatic rings. The standard InChI is InChI=1S/C17H22N4O2/c1-3-23-15-12-21(14-7-5-4-6-8-14)19-16(15)17(22)20-10-9-18-11-13(20)2/h4-8,12-13,18H,3,9-11H2,1-2H3. The van der Waals surface area contributed by atoms with Gasteiger partial charge in [-0.2, -0.15) is 5.10 Å². The molecule has 2 heterocycles. The van der Waals surface area contributed by atoms with Crippen LogP contribution in [0.3, 0.4) is 0 Å². The maximum atomic E-state index is 12.9. The van der Waals surface area contributed by atoms with Crippen LogP contribution in [0.4, 0.5) is 0 Å². The van der Waals surface area contributed by atoms with E-state index < -0.39 is 0 Å². The van der Waals surface area contributed by atoms with Crippen LogP contribution in [-0.4, -0.2) is 52.9 Å². The zero-order valence-electron chi connectivity index (χ0n) is 13.5. The first-order chi connectivity index (χ1) is 11.2. The summed E-state index contributed by atoms with van der Waals surface area (Å²) in [5, 5.41) is 7.78. The Balaban J connectivity index is 1.93. The monoisotopic (exact) mass is 314 g/mol. The molecular weight excluding hydrogens is 292 g/mol. The molecule has 1 aromatic carbocycles. The number of piperazine rings is 1. The normalized spacial score (nSPS) is 18.0. The summed E-state index contributed by atoms with van der Waals surface area (Å²) in [5.74, 6) is 0.462. The third kappa shape index (κ3) is 3.22. The van der Waals surface area contributed by atoms with Crippen molar-refractivity contribution in [3.05, 3.63) is 42.2 Å². The molecule has 6 nitrogen and oxygen atoms in total. The van der Waals surface area contributed by atoms with Crippen molar-refractivity contribution in [3.63, 3.8) is 0 Å². The molecule has 0 bridgehead atoms. The van der Waals surface area contributed by atoms with Crippen LogP contribution in [0.5, 0.6) is 5.75 Å². The maximum Gasteiger partial charge on any atom is 0.278 e. The highest BCUT2D eigenvalue weighted by Gasteiger charge is 2.29. The van der Waals surface area contributed by atoms with E-state index >= 15 is 0 Å². The molecule has 1 aromatic heterocycles. The van der Waals surface area contributed by atoms with E-state index in [1.165, 1.54) is 0 Å². The van der Waals surface area contributed by atoms with Crippen molar-refractivity contribution in [2.24, 2.45) is 0 Å². The van der Waals surface area contributed by atoms with Crippen molar-refractivity contribution in [1.82, 2.24) is 20.0 Å². The van der Waals surface area contributed by atoms with Gasteiger partial charge in [-0.05, 0) is 26.0 Å². The SMILES string of the molecule is CCOc1cn(-c2ccccc2)nc1C(=O)N1CCNCC1C. The summed E-state index contributed by atoms with van der Waals surface area (Å²) in [6.45, 7) is 6.73. The fourth-order valence-corrected chi connectivity index (χ4v) is 2.76. The predicted octanol–water partition coefficient (Wildman–Crippen LogP) is 1.70. The third-order valence-electron chi connectivity index (χ3n) is 3.97. The van der Waals surface area contributed by atoms with Crippen molar-refractivity contribution in [2.75, 3.05) is 26.2 Å². The van der Waals surface area contributed by atoms with Gasteiger partial charge in [-0.25, -0.2) is 4.68 Å². The van der Waals surface area contributed by atoms with Gasteiger partial charge in [-0.15, -0.1) is 0 Å². The fraction of sp³-hybridized carbons (Fsp3) is 0.412. The van der Waals surface area contributed by atoms with Crippen molar-refractivity contribution in [3.8, 4) is 11.4 Å². The van der Waals surface area contributed by atoms with Crippen LogP contribution in [0.1, 0.15) is 24.3 Å². The van der Waals surface area contributed by atoms with E-state index in [9.17, 15) is 4.79 Å². The lowest BCUT2D eigenvalue weighted by molar-refractivity contribution is 0.0645. The second-order valence-electron chi connectivity index (χ2n) is 5.61. The summed E-state index contributed by atoms with van der Waals surface area (Å²) in [6.07, 6.45) is 1.78. The Morgan fingerprint density at radius 3 is 2.87 bits per heavy atom. The maximum absolute atomic E-state index is 12.9. The Hall–Kier alpha value is -2.34. The average molecular weight is 314 g/mol. The first-order valence-electron chi connectivity index (χ1n) is 8.00. The van der Waals surface area contributed by atoms with E-state index in [1.807, 2.05) is 49.1 Å². The zero-order chi connectivity index (χ0) is 16.2. The Bertz CT molecular complexity index is 668. The number of nitrogens with zero attached hydrogens (tertiary/aromatic N) is 3. The molecule has 1 amide bonds. The van der Waals surface area contributed by atoms with Crippen LogP contribution in [0.25, 0.3) is 5.69 Å². The lowest BCUT2D eigenvalue weighted by Gasteiger charge is -2.33. The summed E-state index contributed by atoms with van der Waals surface area (Å²) >= 11 is 0. The Morgan fingerprint density at radius 2 is 2.17 bits per heavy atom. The average Bonchev–Trinajstić information content (AvgIpc) is 3.00. The Morgan fingerprint density at radius 1 is 1.39 bits per heavy atom. The van der Waals surface area contributed by atoms with Gasteiger partial charge in [0.05, 0.1) is 18.5 Å². The number of aromatic nitrogens is 2. The minimum Gasteiger partial charge on any atom is -0.490 e. The van der Waals surface area contributed by atoms with Crippen LogP contribution in [-0.2, 0) is 0 Å². The zero-order valence-corrected chi connectivity index (χ0v) is 13.5. The largest absolute Gasteiger partial charge is 0.490 e. The fourth-order valence-electron chi connectivity index (χ4n) is 2.76. The number of carbonyl (C=O) groups is 1. The Labute approximate surface area is 136 Å². The second-order valence-corrected chi connectivity index (χ2v) is 5.61. The van der Waals surface area contributed by atoms with Gasteiger partial charge in [0.1, 0.15) is 0 Å². The van der Waals surface area contributed by atoms with Gasteiger partial charge >= 0.3 is 0 Å². The number of carbonyl (C=O) groups excluding carboxylic acids is 1. The van der Waals surface area contributed by atoms with Gasteiger partial charge in [-0.1, -0.05) is 18.2 Å². The molecule has 1 atom stereocenters. The second kappa shape index (κ2) is 6.83.